The number of nitrogens with one attached hydrogen (secondary N) is 2. The summed E-state index contributed by atoms with van der Waals surface area (Å²) in [6, 6.07) is 7.87. The van der Waals surface area contributed by atoms with Crippen molar-refractivity contribution in [3.05, 3.63) is 45.8 Å². The van der Waals surface area contributed by atoms with Gasteiger partial charge in [-0.2, -0.15) is 0 Å². The number of anilines is 3. The van der Waals surface area contributed by atoms with Crippen LogP contribution >= 0.6 is 34.4 Å². The van der Waals surface area contributed by atoms with Crippen molar-refractivity contribution in [2.45, 2.75) is 25.1 Å². The molecule has 0 spiro atoms. The molecule has 3 rings (SSSR count). The first-order valence-corrected chi connectivity index (χ1v) is 12.1. The first kappa shape index (κ1) is 23.7. The van der Waals surface area contributed by atoms with E-state index in [9.17, 15) is 14.4 Å². The Balaban J connectivity index is 1.64. The number of hydrogen-bond donors (Lipinski definition) is 3. The lowest BCUT2D eigenvalue weighted by molar-refractivity contribution is -0.113. The van der Waals surface area contributed by atoms with Gasteiger partial charge in [-0.25, -0.2) is 4.79 Å². The summed E-state index contributed by atoms with van der Waals surface area (Å²) in [5, 5.41) is 14.9. The van der Waals surface area contributed by atoms with Gasteiger partial charge in [-0.05, 0) is 44.0 Å². The van der Waals surface area contributed by atoms with Crippen LogP contribution in [0.3, 0.4) is 0 Å². The summed E-state index contributed by atoms with van der Waals surface area (Å²) >= 11 is 3.49. The fraction of sp³-hybridized carbons (Fsp3) is 0.250. The molecule has 0 fully saturated rings. The SMILES string of the molecule is CCOC(=O)c1c(NC(=O)CSc2nnc(Nc3cccc(C)c3)s2)sc(C(N)=O)c1C. The van der Waals surface area contributed by atoms with Crippen molar-refractivity contribution in [3.63, 3.8) is 0 Å². The fourth-order valence-electron chi connectivity index (χ4n) is 2.74. The maximum Gasteiger partial charge on any atom is 0.341 e. The smallest absolute Gasteiger partial charge is 0.341 e. The van der Waals surface area contributed by atoms with Crippen LogP contribution in [0.15, 0.2) is 28.6 Å². The number of carbonyl (C=O) groups excluding carboxylic acids is 3. The third-order valence-corrected chi connectivity index (χ3v) is 7.30. The van der Waals surface area contributed by atoms with Crippen LogP contribution in [0.1, 0.15) is 38.1 Å². The standard InChI is InChI=1S/C20H21N5O4S3/c1-4-29-18(28)14-11(3)15(16(21)27)31-17(14)23-13(26)9-30-20-25-24-19(32-20)22-12-7-5-6-10(2)8-12/h5-8H,4,9H2,1-3H3,(H2,21,27)(H,22,24)(H,23,26). The van der Waals surface area contributed by atoms with Crippen molar-refractivity contribution in [1.29, 1.82) is 0 Å². The average molecular weight is 492 g/mol. The lowest BCUT2D eigenvalue weighted by Gasteiger charge is -2.06. The molecule has 0 aliphatic carbocycles. The third kappa shape index (κ3) is 5.84. The summed E-state index contributed by atoms with van der Waals surface area (Å²) in [6.07, 6.45) is 0. The Kier molecular flexibility index (Phi) is 7.83. The summed E-state index contributed by atoms with van der Waals surface area (Å²) in [6.45, 7) is 5.43. The Hall–Kier alpha value is -2.96. The Labute approximate surface area is 196 Å². The zero-order valence-corrected chi connectivity index (χ0v) is 20.0. The Bertz CT molecular complexity index is 1160. The van der Waals surface area contributed by atoms with E-state index in [4.69, 9.17) is 10.5 Å². The molecule has 12 heteroatoms. The van der Waals surface area contributed by atoms with Crippen LogP contribution in [0.25, 0.3) is 0 Å². The summed E-state index contributed by atoms with van der Waals surface area (Å²) in [5.41, 5.74) is 7.94. The number of hydrogen-bond acceptors (Lipinski definition) is 10. The van der Waals surface area contributed by atoms with E-state index in [0.29, 0.717) is 15.0 Å². The van der Waals surface area contributed by atoms with E-state index in [-0.39, 0.29) is 33.7 Å². The molecule has 0 atom stereocenters. The molecule has 0 unspecified atom stereocenters. The summed E-state index contributed by atoms with van der Waals surface area (Å²) in [4.78, 5) is 36.7. The van der Waals surface area contributed by atoms with Gasteiger partial charge in [0.1, 0.15) is 5.00 Å². The second kappa shape index (κ2) is 10.6. The predicted molar refractivity (Wildman–Crippen MR) is 127 cm³/mol. The highest BCUT2D eigenvalue weighted by molar-refractivity contribution is 8.01. The second-order valence-corrected chi connectivity index (χ2v) is 9.77. The van der Waals surface area contributed by atoms with Crippen LogP contribution in [0.2, 0.25) is 0 Å². The molecule has 0 aliphatic heterocycles. The van der Waals surface area contributed by atoms with Crippen LogP contribution < -0.4 is 16.4 Å². The zero-order chi connectivity index (χ0) is 23.3. The molecule has 0 saturated heterocycles. The van der Waals surface area contributed by atoms with E-state index in [0.717, 1.165) is 22.6 Å². The Morgan fingerprint density at radius 1 is 1.19 bits per heavy atom. The van der Waals surface area contributed by atoms with Gasteiger partial charge in [-0.15, -0.1) is 21.5 Å². The third-order valence-electron chi connectivity index (χ3n) is 4.11. The molecule has 168 valence electrons. The van der Waals surface area contributed by atoms with Gasteiger partial charge >= 0.3 is 5.97 Å². The highest BCUT2D eigenvalue weighted by atomic mass is 32.2. The van der Waals surface area contributed by atoms with E-state index < -0.39 is 11.9 Å². The summed E-state index contributed by atoms with van der Waals surface area (Å²) in [7, 11) is 0. The van der Waals surface area contributed by atoms with Gasteiger partial charge in [-0.1, -0.05) is 35.2 Å². The number of amides is 2. The first-order valence-electron chi connectivity index (χ1n) is 9.48. The molecule has 1 aromatic carbocycles. The van der Waals surface area contributed by atoms with Crippen molar-refractivity contribution < 1.29 is 19.1 Å². The van der Waals surface area contributed by atoms with Crippen molar-refractivity contribution in [1.82, 2.24) is 10.2 Å². The maximum atomic E-state index is 12.5. The number of nitrogens with zero attached hydrogens (tertiary/aromatic N) is 2. The topological polar surface area (TPSA) is 136 Å². The normalized spacial score (nSPS) is 10.6. The van der Waals surface area contributed by atoms with E-state index in [1.54, 1.807) is 13.8 Å². The molecule has 0 bridgehead atoms. The number of carbonyl (C=O) groups is 3. The van der Waals surface area contributed by atoms with Gasteiger partial charge in [-0.3, -0.25) is 9.59 Å². The Morgan fingerprint density at radius 3 is 2.66 bits per heavy atom. The molecule has 32 heavy (non-hydrogen) atoms. The maximum absolute atomic E-state index is 12.5. The quantitative estimate of drug-likeness (QED) is 0.302. The number of esters is 1. The molecule has 9 nitrogen and oxygen atoms in total. The van der Waals surface area contributed by atoms with E-state index >= 15 is 0 Å². The average Bonchev–Trinajstić information content (AvgIpc) is 3.30. The number of ether oxygens (including phenoxy) is 1. The molecule has 0 radical (unpaired) electrons. The van der Waals surface area contributed by atoms with Gasteiger partial charge < -0.3 is 21.1 Å². The molecular weight excluding hydrogens is 470 g/mol. The molecule has 0 aliphatic rings. The summed E-state index contributed by atoms with van der Waals surface area (Å²) in [5.74, 6) is -1.60. The number of aromatic nitrogens is 2. The number of benzene rings is 1. The van der Waals surface area contributed by atoms with Gasteiger partial charge in [0.25, 0.3) is 5.91 Å². The number of aryl methyl sites for hydroxylation is 1. The minimum absolute atomic E-state index is 0.0458. The van der Waals surface area contributed by atoms with Crippen molar-refractivity contribution in [2.24, 2.45) is 5.73 Å². The minimum Gasteiger partial charge on any atom is -0.462 e. The second-order valence-electron chi connectivity index (χ2n) is 6.55. The molecule has 2 heterocycles. The molecule has 3 aromatic rings. The largest absolute Gasteiger partial charge is 0.462 e. The number of thiophene rings is 1. The molecule has 2 amide bonds. The van der Waals surface area contributed by atoms with Crippen LogP contribution in [0.4, 0.5) is 15.8 Å². The summed E-state index contributed by atoms with van der Waals surface area (Å²) < 4.78 is 5.66. The monoisotopic (exact) mass is 491 g/mol. The number of thioether (sulfide) groups is 1. The van der Waals surface area contributed by atoms with E-state index in [1.807, 2.05) is 31.2 Å². The minimum atomic E-state index is -0.671. The zero-order valence-electron chi connectivity index (χ0n) is 17.6. The first-order chi connectivity index (χ1) is 15.3. The van der Waals surface area contributed by atoms with Crippen LogP contribution in [-0.4, -0.2) is 40.3 Å². The van der Waals surface area contributed by atoms with Crippen molar-refractivity contribution >= 4 is 68.0 Å². The van der Waals surface area contributed by atoms with Crippen LogP contribution in [-0.2, 0) is 9.53 Å². The van der Waals surface area contributed by atoms with Gasteiger partial charge in [0.05, 0.1) is 22.8 Å². The number of rotatable bonds is 9. The van der Waals surface area contributed by atoms with Gasteiger partial charge in [0.15, 0.2) is 4.34 Å². The molecule has 4 N–H and O–H groups in total. The lowest BCUT2D eigenvalue weighted by Crippen LogP contribution is -2.16. The van der Waals surface area contributed by atoms with Gasteiger partial charge in [0, 0.05) is 5.69 Å². The van der Waals surface area contributed by atoms with Crippen LogP contribution in [0.5, 0.6) is 0 Å². The van der Waals surface area contributed by atoms with E-state index in [1.165, 1.54) is 23.1 Å². The lowest BCUT2D eigenvalue weighted by atomic mass is 10.1. The van der Waals surface area contributed by atoms with Crippen molar-refractivity contribution in [3.8, 4) is 0 Å². The molecular formula is C20H21N5O4S3. The van der Waals surface area contributed by atoms with Crippen LogP contribution in [0, 0.1) is 13.8 Å². The highest BCUT2D eigenvalue weighted by Gasteiger charge is 2.25. The number of primary amides is 1. The number of nitrogens with two attached hydrogens (primary N) is 1. The van der Waals surface area contributed by atoms with Crippen molar-refractivity contribution in [2.75, 3.05) is 23.0 Å². The van der Waals surface area contributed by atoms with E-state index in [2.05, 4.69) is 20.8 Å². The molecule has 2 aromatic heterocycles. The molecule has 0 saturated carbocycles. The van der Waals surface area contributed by atoms with Gasteiger partial charge in [0.2, 0.25) is 11.0 Å². The highest BCUT2D eigenvalue weighted by Crippen LogP contribution is 2.34. The Morgan fingerprint density at radius 2 is 1.97 bits per heavy atom. The predicted octanol–water partition coefficient (Wildman–Crippen LogP) is 3.97. The fourth-order valence-corrected chi connectivity index (χ4v) is 5.38.